The predicted octanol–water partition coefficient (Wildman–Crippen LogP) is 0.357. The van der Waals surface area contributed by atoms with Gasteiger partial charge in [-0.1, -0.05) is 0 Å². The highest BCUT2D eigenvalue weighted by molar-refractivity contribution is 7.91. The van der Waals surface area contributed by atoms with E-state index < -0.39 is 9.84 Å². The number of carbonyl (C=O) groups excluding carboxylic acids is 1. The molecule has 1 aromatic rings. The normalized spacial score (nSPS) is 21.2. The van der Waals surface area contributed by atoms with Gasteiger partial charge in [-0.3, -0.25) is 9.69 Å². The largest absolute Gasteiger partial charge is 0.472 e. The number of amides is 1. The van der Waals surface area contributed by atoms with E-state index in [0.717, 1.165) is 5.56 Å². The zero-order valence-electron chi connectivity index (χ0n) is 11.8. The smallest absolute Gasteiger partial charge is 0.236 e. The van der Waals surface area contributed by atoms with Gasteiger partial charge >= 0.3 is 0 Å². The standard InChI is InChI=1S/C13H20N2O4S/c1-14(12-4-6-20(17,18)10-12)8-13(16)15(2)7-11-3-5-19-9-11/h3,5,9,12H,4,6-8,10H2,1-2H3. The number of rotatable bonds is 5. The van der Waals surface area contributed by atoms with Crippen LogP contribution >= 0.6 is 0 Å². The average Bonchev–Trinajstić information content (AvgIpc) is 2.98. The fourth-order valence-electron chi connectivity index (χ4n) is 2.33. The van der Waals surface area contributed by atoms with Crippen molar-refractivity contribution in [3.63, 3.8) is 0 Å². The number of carbonyl (C=O) groups is 1. The van der Waals surface area contributed by atoms with Gasteiger partial charge in [0.05, 0.1) is 30.6 Å². The zero-order chi connectivity index (χ0) is 14.8. The molecule has 1 saturated heterocycles. The Hall–Kier alpha value is -1.34. The Morgan fingerprint density at radius 3 is 2.75 bits per heavy atom. The third kappa shape index (κ3) is 3.83. The molecule has 2 heterocycles. The van der Waals surface area contributed by atoms with Crippen LogP contribution in [0.25, 0.3) is 0 Å². The summed E-state index contributed by atoms with van der Waals surface area (Å²) in [5, 5.41) is 0. The van der Waals surface area contributed by atoms with Gasteiger partial charge in [0, 0.05) is 25.2 Å². The van der Waals surface area contributed by atoms with Crippen LogP contribution in [0.2, 0.25) is 0 Å². The Balaban J connectivity index is 1.84. The SMILES string of the molecule is CN(Cc1ccoc1)C(=O)CN(C)C1CCS(=O)(=O)C1. The highest BCUT2D eigenvalue weighted by atomic mass is 32.2. The Morgan fingerprint density at radius 1 is 1.45 bits per heavy atom. The van der Waals surface area contributed by atoms with Crippen LogP contribution < -0.4 is 0 Å². The molecule has 1 aliphatic rings. The topological polar surface area (TPSA) is 70.8 Å². The molecule has 0 radical (unpaired) electrons. The first-order valence-electron chi connectivity index (χ1n) is 6.53. The van der Waals surface area contributed by atoms with Crippen LogP contribution in [0.5, 0.6) is 0 Å². The molecule has 1 amide bonds. The maximum absolute atomic E-state index is 12.1. The molecule has 7 heteroatoms. The number of hydrogen-bond donors (Lipinski definition) is 0. The average molecular weight is 300 g/mol. The summed E-state index contributed by atoms with van der Waals surface area (Å²) in [6.07, 6.45) is 3.79. The van der Waals surface area contributed by atoms with Crippen LogP contribution in [0.1, 0.15) is 12.0 Å². The molecule has 0 saturated carbocycles. The highest BCUT2D eigenvalue weighted by Crippen LogP contribution is 2.16. The molecule has 2 rings (SSSR count). The summed E-state index contributed by atoms with van der Waals surface area (Å²) < 4.78 is 27.9. The quantitative estimate of drug-likeness (QED) is 0.785. The summed E-state index contributed by atoms with van der Waals surface area (Å²) in [6, 6.07) is 1.77. The minimum Gasteiger partial charge on any atom is -0.472 e. The molecule has 0 spiro atoms. The van der Waals surface area contributed by atoms with Crippen molar-refractivity contribution in [2.75, 3.05) is 32.1 Å². The van der Waals surface area contributed by atoms with E-state index in [1.807, 2.05) is 11.0 Å². The maximum atomic E-state index is 12.1. The second-order valence-corrected chi connectivity index (χ2v) is 7.58. The van der Waals surface area contributed by atoms with Gasteiger partial charge in [-0.25, -0.2) is 8.42 Å². The summed E-state index contributed by atoms with van der Waals surface area (Å²) in [7, 11) is 0.615. The highest BCUT2D eigenvalue weighted by Gasteiger charge is 2.31. The molecule has 1 aliphatic heterocycles. The zero-order valence-corrected chi connectivity index (χ0v) is 12.6. The number of likely N-dealkylation sites (N-methyl/N-ethyl adjacent to an activating group) is 2. The van der Waals surface area contributed by atoms with Crippen LogP contribution in [0.4, 0.5) is 0 Å². The lowest BCUT2D eigenvalue weighted by molar-refractivity contribution is -0.131. The van der Waals surface area contributed by atoms with Crippen molar-refractivity contribution in [1.29, 1.82) is 0 Å². The molecule has 0 N–H and O–H groups in total. The summed E-state index contributed by atoms with van der Waals surface area (Å²) in [5.74, 6) is 0.349. The number of furan rings is 1. The molecule has 0 aromatic carbocycles. The van der Waals surface area contributed by atoms with Gasteiger partial charge in [-0.15, -0.1) is 0 Å². The number of hydrogen-bond acceptors (Lipinski definition) is 5. The molecule has 1 fully saturated rings. The van der Waals surface area contributed by atoms with E-state index in [1.165, 1.54) is 0 Å². The van der Waals surface area contributed by atoms with Crippen molar-refractivity contribution >= 4 is 15.7 Å². The predicted molar refractivity (Wildman–Crippen MR) is 74.9 cm³/mol. The van der Waals surface area contributed by atoms with E-state index in [-0.39, 0.29) is 30.0 Å². The third-order valence-electron chi connectivity index (χ3n) is 3.64. The van der Waals surface area contributed by atoms with Crippen molar-refractivity contribution in [3.05, 3.63) is 24.2 Å². The summed E-state index contributed by atoms with van der Waals surface area (Å²) in [4.78, 5) is 15.5. The van der Waals surface area contributed by atoms with Crippen LogP contribution in [-0.2, 0) is 21.2 Å². The minimum atomic E-state index is -2.92. The molecule has 1 atom stereocenters. The Bertz CT molecular complexity index is 553. The van der Waals surface area contributed by atoms with Gasteiger partial charge in [0.15, 0.2) is 9.84 Å². The fourth-order valence-corrected chi connectivity index (χ4v) is 4.14. The van der Waals surface area contributed by atoms with Gasteiger partial charge < -0.3 is 9.32 Å². The lowest BCUT2D eigenvalue weighted by atomic mass is 10.2. The summed E-state index contributed by atoms with van der Waals surface area (Å²) in [6.45, 7) is 0.723. The van der Waals surface area contributed by atoms with E-state index in [1.54, 1.807) is 31.5 Å². The van der Waals surface area contributed by atoms with E-state index in [4.69, 9.17) is 4.42 Å². The number of sulfone groups is 1. The molecular formula is C13H20N2O4S. The van der Waals surface area contributed by atoms with Crippen molar-refractivity contribution < 1.29 is 17.6 Å². The Morgan fingerprint density at radius 2 is 2.20 bits per heavy atom. The van der Waals surface area contributed by atoms with E-state index in [2.05, 4.69) is 0 Å². The molecule has 6 nitrogen and oxygen atoms in total. The Labute approximate surface area is 119 Å². The van der Waals surface area contributed by atoms with Crippen LogP contribution in [0.15, 0.2) is 23.0 Å². The lowest BCUT2D eigenvalue weighted by Gasteiger charge is -2.25. The molecule has 0 bridgehead atoms. The van der Waals surface area contributed by atoms with Crippen LogP contribution in [0.3, 0.4) is 0 Å². The van der Waals surface area contributed by atoms with Gasteiger partial charge in [-0.05, 0) is 19.5 Å². The van der Waals surface area contributed by atoms with Gasteiger partial charge in [0.1, 0.15) is 0 Å². The summed E-state index contributed by atoms with van der Waals surface area (Å²) in [5.41, 5.74) is 0.937. The van der Waals surface area contributed by atoms with Gasteiger partial charge in [-0.2, -0.15) is 0 Å². The first-order valence-corrected chi connectivity index (χ1v) is 8.35. The van der Waals surface area contributed by atoms with Gasteiger partial charge in [0.2, 0.25) is 5.91 Å². The molecular weight excluding hydrogens is 280 g/mol. The van der Waals surface area contributed by atoms with Crippen LogP contribution in [-0.4, -0.2) is 62.3 Å². The summed E-state index contributed by atoms with van der Waals surface area (Å²) >= 11 is 0. The molecule has 0 aliphatic carbocycles. The van der Waals surface area contributed by atoms with E-state index in [9.17, 15) is 13.2 Å². The van der Waals surface area contributed by atoms with Crippen molar-refractivity contribution in [3.8, 4) is 0 Å². The first kappa shape index (κ1) is 15.1. The molecule has 112 valence electrons. The fraction of sp³-hybridized carbons (Fsp3) is 0.615. The second-order valence-electron chi connectivity index (χ2n) is 5.35. The van der Waals surface area contributed by atoms with Crippen LogP contribution in [0, 0.1) is 0 Å². The maximum Gasteiger partial charge on any atom is 0.236 e. The molecule has 1 aromatic heterocycles. The second kappa shape index (κ2) is 5.97. The Kier molecular flexibility index (Phi) is 4.49. The van der Waals surface area contributed by atoms with Gasteiger partial charge in [0.25, 0.3) is 0 Å². The van der Waals surface area contributed by atoms with E-state index in [0.29, 0.717) is 13.0 Å². The number of nitrogens with zero attached hydrogens (tertiary/aromatic N) is 2. The van der Waals surface area contributed by atoms with Crippen molar-refractivity contribution in [1.82, 2.24) is 9.80 Å². The monoisotopic (exact) mass is 300 g/mol. The first-order chi connectivity index (χ1) is 9.37. The minimum absolute atomic E-state index is 0.0296. The van der Waals surface area contributed by atoms with E-state index >= 15 is 0 Å². The molecule has 20 heavy (non-hydrogen) atoms. The lowest BCUT2D eigenvalue weighted by Crippen LogP contribution is -2.41. The van der Waals surface area contributed by atoms with Crippen molar-refractivity contribution in [2.45, 2.75) is 19.0 Å². The third-order valence-corrected chi connectivity index (χ3v) is 5.39. The molecule has 1 unspecified atom stereocenters. The van der Waals surface area contributed by atoms with Crippen molar-refractivity contribution in [2.24, 2.45) is 0 Å².